The maximum absolute atomic E-state index is 11.8. The fourth-order valence-corrected chi connectivity index (χ4v) is 1.72. The van der Waals surface area contributed by atoms with E-state index >= 15 is 0 Å². The van der Waals surface area contributed by atoms with E-state index in [1.54, 1.807) is 4.90 Å². The van der Waals surface area contributed by atoms with E-state index in [1.165, 1.54) is 6.07 Å². The Hall–Kier alpha value is -1.85. The highest BCUT2D eigenvalue weighted by atomic mass is 16.2. The van der Waals surface area contributed by atoms with E-state index in [2.05, 4.69) is 15.3 Å². The number of nitrogens with one attached hydrogen (secondary N) is 2. The maximum Gasteiger partial charge on any atom is 0.252 e. The van der Waals surface area contributed by atoms with Crippen molar-refractivity contribution in [2.75, 3.05) is 18.0 Å². The molecule has 0 spiro atoms. The quantitative estimate of drug-likeness (QED) is 0.794. The first-order valence-corrected chi connectivity index (χ1v) is 6.60. The molecule has 0 saturated heterocycles. The van der Waals surface area contributed by atoms with E-state index in [4.69, 9.17) is 0 Å². The summed E-state index contributed by atoms with van der Waals surface area (Å²) in [6.07, 6.45) is 0.652. The Balaban J connectivity index is 2.88. The van der Waals surface area contributed by atoms with Crippen molar-refractivity contribution in [3.05, 3.63) is 22.2 Å². The lowest BCUT2D eigenvalue weighted by molar-refractivity contribution is -0.120. The van der Waals surface area contributed by atoms with Gasteiger partial charge in [0.25, 0.3) is 5.56 Å². The van der Waals surface area contributed by atoms with E-state index in [0.717, 1.165) is 0 Å². The van der Waals surface area contributed by atoms with Crippen molar-refractivity contribution in [3.63, 3.8) is 0 Å². The zero-order valence-corrected chi connectivity index (χ0v) is 12.0. The molecule has 0 saturated carbocycles. The molecule has 2 N–H and O–H groups in total. The number of likely N-dealkylation sites (N-methyl/N-ethyl adjacent to an activating group) is 1. The molecule has 1 aromatic rings. The molecule has 0 aliphatic carbocycles. The molecule has 1 heterocycles. The molecule has 1 amide bonds. The Morgan fingerprint density at radius 3 is 2.68 bits per heavy atom. The summed E-state index contributed by atoms with van der Waals surface area (Å²) >= 11 is 0. The van der Waals surface area contributed by atoms with Crippen LogP contribution in [0.4, 0.5) is 5.82 Å². The summed E-state index contributed by atoms with van der Waals surface area (Å²) in [5.41, 5.74) is -0.190. The molecule has 0 radical (unpaired) electrons. The number of aryl methyl sites for hydroxylation is 1. The van der Waals surface area contributed by atoms with Crippen molar-refractivity contribution < 1.29 is 4.79 Å². The van der Waals surface area contributed by atoms with Gasteiger partial charge in [-0.3, -0.25) is 9.59 Å². The monoisotopic (exact) mass is 266 g/mol. The van der Waals surface area contributed by atoms with Crippen LogP contribution in [0.2, 0.25) is 0 Å². The summed E-state index contributed by atoms with van der Waals surface area (Å²) in [7, 11) is 0. The fourth-order valence-electron chi connectivity index (χ4n) is 1.72. The van der Waals surface area contributed by atoms with E-state index in [1.807, 2.05) is 27.7 Å². The van der Waals surface area contributed by atoms with Gasteiger partial charge in [-0.1, -0.05) is 6.92 Å². The van der Waals surface area contributed by atoms with Gasteiger partial charge in [-0.15, -0.1) is 0 Å². The van der Waals surface area contributed by atoms with Crippen molar-refractivity contribution >= 4 is 11.7 Å². The van der Waals surface area contributed by atoms with E-state index in [0.29, 0.717) is 24.6 Å². The molecule has 106 valence electrons. The molecule has 0 fully saturated rings. The number of amides is 1. The molecule has 0 aromatic carbocycles. The Morgan fingerprint density at radius 2 is 2.16 bits per heavy atom. The fraction of sp³-hybridized carbons (Fsp3) is 0.615. The maximum atomic E-state index is 11.8. The zero-order valence-electron chi connectivity index (χ0n) is 12.0. The van der Waals surface area contributed by atoms with E-state index in [-0.39, 0.29) is 24.1 Å². The van der Waals surface area contributed by atoms with Gasteiger partial charge in [-0.2, -0.15) is 0 Å². The van der Waals surface area contributed by atoms with Gasteiger partial charge < -0.3 is 15.2 Å². The Labute approximate surface area is 113 Å². The Morgan fingerprint density at radius 1 is 1.47 bits per heavy atom. The van der Waals surface area contributed by atoms with Crippen LogP contribution in [0, 0.1) is 0 Å². The van der Waals surface area contributed by atoms with Crippen LogP contribution in [0.25, 0.3) is 0 Å². The van der Waals surface area contributed by atoms with Crippen LogP contribution in [-0.4, -0.2) is 35.0 Å². The van der Waals surface area contributed by atoms with Crippen LogP contribution in [0.3, 0.4) is 0 Å². The van der Waals surface area contributed by atoms with Crippen molar-refractivity contribution in [1.82, 2.24) is 15.3 Å². The molecule has 0 bridgehead atoms. The van der Waals surface area contributed by atoms with E-state index in [9.17, 15) is 9.59 Å². The predicted octanol–water partition coefficient (Wildman–Crippen LogP) is 0.683. The Kier molecular flexibility index (Phi) is 5.54. The van der Waals surface area contributed by atoms with Crippen LogP contribution in [-0.2, 0) is 11.2 Å². The SMILES string of the molecule is CCc1nc(N(CC)CC(=O)NC(C)C)cc(=O)[nH]1. The average molecular weight is 266 g/mol. The second kappa shape index (κ2) is 6.92. The summed E-state index contributed by atoms with van der Waals surface area (Å²) in [4.78, 5) is 32.1. The second-order valence-electron chi connectivity index (χ2n) is 4.64. The van der Waals surface area contributed by atoms with Crippen LogP contribution in [0.1, 0.15) is 33.5 Å². The van der Waals surface area contributed by atoms with Crippen molar-refractivity contribution in [2.24, 2.45) is 0 Å². The molecule has 6 heteroatoms. The standard InChI is InChI=1S/C13H22N4O2/c1-5-10-15-11(7-12(18)16-10)17(6-2)8-13(19)14-9(3)4/h7,9H,5-6,8H2,1-4H3,(H,14,19)(H,15,16,18). The molecular formula is C13H22N4O2. The minimum Gasteiger partial charge on any atom is -0.352 e. The summed E-state index contributed by atoms with van der Waals surface area (Å²) in [5, 5.41) is 2.83. The van der Waals surface area contributed by atoms with Gasteiger partial charge in [0, 0.05) is 25.1 Å². The normalized spacial score (nSPS) is 10.6. The minimum atomic E-state index is -0.190. The average Bonchev–Trinajstić information content (AvgIpc) is 2.34. The highest BCUT2D eigenvalue weighted by Gasteiger charge is 2.13. The smallest absolute Gasteiger partial charge is 0.252 e. The van der Waals surface area contributed by atoms with Gasteiger partial charge in [0.2, 0.25) is 5.91 Å². The van der Waals surface area contributed by atoms with Crippen molar-refractivity contribution in [3.8, 4) is 0 Å². The van der Waals surface area contributed by atoms with Gasteiger partial charge in [0.05, 0.1) is 6.54 Å². The van der Waals surface area contributed by atoms with Gasteiger partial charge in [0.15, 0.2) is 0 Å². The number of anilines is 1. The number of hydrogen-bond acceptors (Lipinski definition) is 4. The highest BCUT2D eigenvalue weighted by molar-refractivity contribution is 5.81. The first-order valence-electron chi connectivity index (χ1n) is 6.60. The number of carbonyl (C=O) groups is 1. The molecular weight excluding hydrogens is 244 g/mol. The number of H-pyrrole nitrogens is 1. The molecule has 19 heavy (non-hydrogen) atoms. The summed E-state index contributed by atoms with van der Waals surface area (Å²) in [6, 6.07) is 1.52. The third-order valence-corrected chi connectivity index (χ3v) is 2.60. The third kappa shape index (κ3) is 4.73. The zero-order chi connectivity index (χ0) is 14.4. The van der Waals surface area contributed by atoms with Gasteiger partial charge >= 0.3 is 0 Å². The largest absolute Gasteiger partial charge is 0.352 e. The summed E-state index contributed by atoms with van der Waals surface area (Å²) in [6.45, 7) is 8.49. The summed E-state index contributed by atoms with van der Waals surface area (Å²) < 4.78 is 0. The van der Waals surface area contributed by atoms with Crippen LogP contribution in [0.5, 0.6) is 0 Å². The van der Waals surface area contributed by atoms with E-state index < -0.39 is 0 Å². The summed E-state index contributed by atoms with van der Waals surface area (Å²) in [5.74, 6) is 1.10. The lowest BCUT2D eigenvalue weighted by Crippen LogP contribution is -2.40. The second-order valence-corrected chi connectivity index (χ2v) is 4.64. The first kappa shape index (κ1) is 15.2. The number of aromatic nitrogens is 2. The molecule has 1 aromatic heterocycles. The van der Waals surface area contributed by atoms with Gasteiger partial charge in [-0.25, -0.2) is 4.98 Å². The van der Waals surface area contributed by atoms with Crippen LogP contribution >= 0.6 is 0 Å². The molecule has 0 aliphatic rings. The lowest BCUT2D eigenvalue weighted by atomic mass is 10.3. The number of carbonyl (C=O) groups excluding carboxylic acids is 1. The van der Waals surface area contributed by atoms with Crippen LogP contribution < -0.4 is 15.8 Å². The van der Waals surface area contributed by atoms with Crippen LogP contribution in [0.15, 0.2) is 10.9 Å². The third-order valence-electron chi connectivity index (χ3n) is 2.60. The topological polar surface area (TPSA) is 78.1 Å². The number of hydrogen-bond donors (Lipinski definition) is 2. The minimum absolute atomic E-state index is 0.0722. The van der Waals surface area contributed by atoms with Crippen molar-refractivity contribution in [1.29, 1.82) is 0 Å². The molecule has 0 unspecified atom stereocenters. The first-order chi connectivity index (χ1) is 8.96. The molecule has 1 rings (SSSR count). The predicted molar refractivity (Wildman–Crippen MR) is 75.4 cm³/mol. The molecule has 0 atom stereocenters. The Bertz CT molecular complexity index is 482. The number of rotatable bonds is 6. The number of aromatic amines is 1. The lowest BCUT2D eigenvalue weighted by Gasteiger charge is -2.22. The van der Waals surface area contributed by atoms with Crippen molar-refractivity contribution in [2.45, 2.75) is 40.2 Å². The highest BCUT2D eigenvalue weighted by Crippen LogP contribution is 2.07. The number of nitrogens with zero attached hydrogens (tertiary/aromatic N) is 2. The van der Waals surface area contributed by atoms with Gasteiger partial charge in [0.1, 0.15) is 11.6 Å². The van der Waals surface area contributed by atoms with Gasteiger partial charge in [-0.05, 0) is 20.8 Å². The molecule has 0 aliphatic heterocycles. The molecule has 6 nitrogen and oxygen atoms in total.